The Morgan fingerprint density at radius 3 is 2.93 bits per heavy atom. The van der Waals surface area contributed by atoms with Gasteiger partial charge in [0, 0.05) is 31.4 Å². The summed E-state index contributed by atoms with van der Waals surface area (Å²) in [5.41, 5.74) is 3.83. The number of aromatic nitrogens is 2. The molecule has 1 unspecified atom stereocenters. The molecule has 3 aromatic rings. The molecule has 0 radical (unpaired) electrons. The Hall–Kier alpha value is -3.22. The fourth-order valence-corrected chi connectivity index (χ4v) is 3.31. The molecule has 28 heavy (non-hydrogen) atoms. The molecule has 7 nitrogen and oxygen atoms in total. The van der Waals surface area contributed by atoms with Gasteiger partial charge in [-0.1, -0.05) is 20.3 Å². The molecule has 1 atom stereocenters. The average Bonchev–Trinajstić information content (AvgIpc) is 3.06. The molecule has 1 aliphatic heterocycles. The lowest BCUT2D eigenvalue weighted by Gasteiger charge is -2.26. The molecule has 0 saturated heterocycles. The SMILES string of the molecule is CCC(C)Cn1cnc2cc(O)c(Nc3ccc4c(c3)OCC(=O)N4C)cc21. The monoisotopic (exact) mass is 380 g/mol. The third kappa shape index (κ3) is 3.24. The van der Waals surface area contributed by atoms with Gasteiger partial charge in [0.25, 0.3) is 5.91 Å². The van der Waals surface area contributed by atoms with Crippen molar-refractivity contribution in [2.75, 3.05) is 23.9 Å². The van der Waals surface area contributed by atoms with Crippen LogP contribution in [0.3, 0.4) is 0 Å². The number of hydrogen-bond acceptors (Lipinski definition) is 5. The smallest absolute Gasteiger partial charge is 0.264 e. The van der Waals surface area contributed by atoms with Gasteiger partial charge in [0.15, 0.2) is 6.61 Å². The topological polar surface area (TPSA) is 79.6 Å². The molecule has 2 aromatic carbocycles. The first-order chi connectivity index (χ1) is 13.5. The molecule has 0 spiro atoms. The van der Waals surface area contributed by atoms with Crippen LogP contribution in [0.4, 0.5) is 17.1 Å². The summed E-state index contributed by atoms with van der Waals surface area (Å²) >= 11 is 0. The van der Waals surface area contributed by atoms with E-state index in [1.165, 1.54) is 0 Å². The number of amides is 1. The first-order valence-corrected chi connectivity index (χ1v) is 9.44. The lowest BCUT2D eigenvalue weighted by Crippen LogP contribution is -2.35. The van der Waals surface area contributed by atoms with Crippen LogP contribution < -0.4 is 15.0 Å². The number of benzene rings is 2. The van der Waals surface area contributed by atoms with Crippen molar-refractivity contribution >= 4 is 34.0 Å². The highest BCUT2D eigenvalue weighted by molar-refractivity contribution is 5.97. The maximum atomic E-state index is 11.8. The number of carbonyl (C=O) groups is 1. The number of nitrogens with zero attached hydrogens (tertiary/aromatic N) is 3. The van der Waals surface area contributed by atoms with Crippen LogP contribution in [0.1, 0.15) is 20.3 Å². The minimum atomic E-state index is -0.0779. The second-order valence-electron chi connectivity index (χ2n) is 7.32. The van der Waals surface area contributed by atoms with Crippen molar-refractivity contribution in [1.29, 1.82) is 0 Å². The molecule has 146 valence electrons. The van der Waals surface area contributed by atoms with Crippen LogP contribution in [0.15, 0.2) is 36.7 Å². The van der Waals surface area contributed by atoms with Gasteiger partial charge in [-0.05, 0) is 24.1 Å². The summed E-state index contributed by atoms with van der Waals surface area (Å²) in [7, 11) is 1.73. The summed E-state index contributed by atoms with van der Waals surface area (Å²) in [6, 6.07) is 9.11. The largest absolute Gasteiger partial charge is 0.506 e. The molecular formula is C21H24N4O3. The molecule has 4 rings (SSSR count). The van der Waals surface area contributed by atoms with Crippen LogP contribution in [0, 0.1) is 5.92 Å². The van der Waals surface area contributed by atoms with Gasteiger partial charge in [-0.15, -0.1) is 0 Å². The summed E-state index contributed by atoms with van der Waals surface area (Å²) in [4.78, 5) is 17.7. The van der Waals surface area contributed by atoms with Crippen LogP contribution >= 0.6 is 0 Å². The Bertz CT molecular complexity index is 1040. The summed E-state index contributed by atoms with van der Waals surface area (Å²) in [6.45, 7) is 5.29. The Morgan fingerprint density at radius 1 is 1.32 bits per heavy atom. The predicted octanol–water partition coefficient (Wildman–Crippen LogP) is 3.89. The molecular weight excluding hydrogens is 356 g/mol. The maximum Gasteiger partial charge on any atom is 0.264 e. The number of anilines is 3. The van der Waals surface area contributed by atoms with E-state index < -0.39 is 0 Å². The molecule has 1 amide bonds. The lowest BCUT2D eigenvalue weighted by atomic mass is 10.1. The van der Waals surface area contributed by atoms with E-state index in [4.69, 9.17) is 4.74 Å². The van der Waals surface area contributed by atoms with Gasteiger partial charge in [-0.2, -0.15) is 0 Å². The zero-order chi connectivity index (χ0) is 19.8. The van der Waals surface area contributed by atoms with Crippen LogP contribution in [0.25, 0.3) is 11.0 Å². The molecule has 0 saturated carbocycles. The van der Waals surface area contributed by atoms with Crippen LogP contribution in [-0.4, -0.2) is 34.2 Å². The highest BCUT2D eigenvalue weighted by Crippen LogP contribution is 2.37. The highest BCUT2D eigenvalue weighted by atomic mass is 16.5. The number of aromatic hydroxyl groups is 1. The van der Waals surface area contributed by atoms with E-state index in [2.05, 4.69) is 28.7 Å². The third-order valence-corrected chi connectivity index (χ3v) is 5.27. The van der Waals surface area contributed by atoms with Crippen LogP contribution in [0.2, 0.25) is 0 Å². The Kier molecular flexibility index (Phi) is 4.58. The summed E-state index contributed by atoms with van der Waals surface area (Å²) in [5, 5.41) is 13.7. The molecule has 0 aliphatic carbocycles. The van der Waals surface area contributed by atoms with Gasteiger partial charge in [0.2, 0.25) is 0 Å². The van der Waals surface area contributed by atoms with Gasteiger partial charge < -0.3 is 24.6 Å². The number of ether oxygens (including phenoxy) is 1. The quantitative estimate of drug-likeness (QED) is 0.657. The molecule has 7 heteroatoms. The Morgan fingerprint density at radius 2 is 2.14 bits per heavy atom. The van der Waals surface area contributed by atoms with Crippen molar-refractivity contribution in [2.45, 2.75) is 26.8 Å². The number of fused-ring (bicyclic) bond motifs is 2. The first kappa shape index (κ1) is 18.2. The Labute approximate surface area is 163 Å². The lowest BCUT2D eigenvalue weighted by molar-refractivity contribution is -0.120. The number of rotatable bonds is 5. The molecule has 2 N–H and O–H groups in total. The zero-order valence-corrected chi connectivity index (χ0v) is 16.3. The van der Waals surface area contributed by atoms with Crippen molar-refractivity contribution in [1.82, 2.24) is 9.55 Å². The van der Waals surface area contributed by atoms with Gasteiger partial charge in [-0.3, -0.25) is 4.79 Å². The van der Waals surface area contributed by atoms with Crippen molar-refractivity contribution in [3.8, 4) is 11.5 Å². The molecule has 1 aromatic heterocycles. The molecule has 1 aliphatic rings. The fourth-order valence-electron chi connectivity index (χ4n) is 3.31. The molecule has 2 heterocycles. The number of likely N-dealkylation sites (N-methyl/N-ethyl adjacent to an activating group) is 1. The summed E-state index contributed by atoms with van der Waals surface area (Å²) in [5.74, 6) is 1.23. The third-order valence-electron chi connectivity index (χ3n) is 5.27. The second kappa shape index (κ2) is 7.07. The van der Waals surface area contributed by atoms with Gasteiger partial charge in [0.1, 0.15) is 11.5 Å². The number of phenols is 1. The number of carbonyl (C=O) groups excluding carboxylic acids is 1. The van der Waals surface area contributed by atoms with E-state index in [1.807, 2.05) is 30.6 Å². The van der Waals surface area contributed by atoms with Crippen LogP contribution in [0.5, 0.6) is 11.5 Å². The minimum Gasteiger partial charge on any atom is -0.506 e. The van der Waals surface area contributed by atoms with Crippen LogP contribution in [-0.2, 0) is 11.3 Å². The van der Waals surface area contributed by atoms with Gasteiger partial charge in [-0.25, -0.2) is 4.98 Å². The summed E-state index contributed by atoms with van der Waals surface area (Å²) in [6.07, 6.45) is 2.91. The summed E-state index contributed by atoms with van der Waals surface area (Å²) < 4.78 is 7.66. The number of nitrogens with one attached hydrogen (secondary N) is 1. The highest BCUT2D eigenvalue weighted by Gasteiger charge is 2.22. The van der Waals surface area contributed by atoms with E-state index in [0.717, 1.165) is 35.4 Å². The standard InChI is InChI=1S/C21H24N4O3/c1-4-13(2)10-25-12-22-15-9-19(26)16(8-18(15)25)23-14-5-6-17-20(7-14)28-11-21(27)24(17)3/h5-9,12-13,23,26H,4,10-11H2,1-3H3. The van der Waals surface area contributed by atoms with Crippen molar-refractivity contribution in [3.05, 3.63) is 36.7 Å². The number of phenolic OH excluding ortho intramolecular Hbond substituents is 1. The number of hydrogen-bond donors (Lipinski definition) is 2. The zero-order valence-electron chi connectivity index (χ0n) is 16.3. The fraction of sp³-hybridized carbons (Fsp3) is 0.333. The Balaban J connectivity index is 1.65. The van der Waals surface area contributed by atoms with E-state index in [9.17, 15) is 9.90 Å². The first-order valence-electron chi connectivity index (χ1n) is 9.44. The van der Waals surface area contributed by atoms with Crippen molar-refractivity contribution in [2.24, 2.45) is 5.92 Å². The van der Waals surface area contributed by atoms with E-state index in [0.29, 0.717) is 17.4 Å². The van der Waals surface area contributed by atoms with Gasteiger partial charge in [0.05, 0.1) is 28.7 Å². The molecule has 0 fully saturated rings. The second-order valence-corrected chi connectivity index (χ2v) is 7.32. The number of imidazole rings is 1. The van der Waals surface area contributed by atoms with Crippen molar-refractivity contribution in [3.63, 3.8) is 0 Å². The van der Waals surface area contributed by atoms with E-state index >= 15 is 0 Å². The minimum absolute atomic E-state index is 0.0267. The van der Waals surface area contributed by atoms with Gasteiger partial charge >= 0.3 is 0 Å². The predicted molar refractivity (Wildman–Crippen MR) is 109 cm³/mol. The van der Waals surface area contributed by atoms with Crippen molar-refractivity contribution < 1.29 is 14.6 Å². The average molecular weight is 380 g/mol. The van der Waals surface area contributed by atoms with E-state index in [1.54, 1.807) is 18.0 Å². The maximum absolute atomic E-state index is 11.8. The van der Waals surface area contributed by atoms with E-state index in [-0.39, 0.29) is 18.3 Å². The normalized spacial score (nSPS) is 14.7. The molecule has 0 bridgehead atoms.